The zero-order chi connectivity index (χ0) is 24.3. The van der Waals surface area contributed by atoms with Crippen LogP contribution in [0.1, 0.15) is 45.1 Å². The molecule has 34 heavy (non-hydrogen) atoms. The number of thioether (sulfide) groups is 1. The van der Waals surface area contributed by atoms with Gasteiger partial charge in [0.1, 0.15) is 6.54 Å². The third-order valence-electron chi connectivity index (χ3n) is 5.69. The molecule has 2 aromatic carbocycles. The van der Waals surface area contributed by atoms with Crippen molar-refractivity contribution in [2.75, 3.05) is 37.6 Å². The van der Waals surface area contributed by atoms with Crippen LogP contribution in [0.15, 0.2) is 62.8 Å². The van der Waals surface area contributed by atoms with Gasteiger partial charge in [0.25, 0.3) is 5.91 Å². The molecule has 0 aliphatic carbocycles. The highest BCUT2D eigenvalue weighted by Crippen LogP contribution is 2.41. The average molecular weight is 545 g/mol. The molecule has 7 heteroatoms. The monoisotopic (exact) mass is 543 g/mol. The molecule has 0 atom stereocenters. The van der Waals surface area contributed by atoms with E-state index in [4.69, 9.17) is 0 Å². The van der Waals surface area contributed by atoms with E-state index in [0.29, 0.717) is 11.4 Å². The number of rotatable bonds is 12. The molecule has 0 spiro atoms. The van der Waals surface area contributed by atoms with E-state index in [2.05, 4.69) is 40.0 Å². The van der Waals surface area contributed by atoms with Gasteiger partial charge >= 0.3 is 0 Å². The van der Waals surface area contributed by atoms with Crippen molar-refractivity contribution in [1.29, 1.82) is 0 Å². The van der Waals surface area contributed by atoms with Gasteiger partial charge in [-0.2, -0.15) is 0 Å². The SMILES string of the molecule is CCCCN(CCCC)CCNC(=O)CN1C(=O)C(=Cc2cccc(Br)c2)Sc2ccccc21. The highest BCUT2D eigenvalue weighted by molar-refractivity contribution is 9.10. The fourth-order valence-electron chi connectivity index (χ4n) is 3.82. The average Bonchev–Trinajstić information content (AvgIpc) is 2.83. The molecule has 2 amide bonds. The van der Waals surface area contributed by atoms with Gasteiger partial charge < -0.3 is 10.2 Å². The van der Waals surface area contributed by atoms with Gasteiger partial charge in [-0.1, -0.05) is 78.6 Å². The number of hydrogen-bond donors (Lipinski definition) is 1. The van der Waals surface area contributed by atoms with Gasteiger partial charge in [0.15, 0.2) is 0 Å². The number of amides is 2. The van der Waals surface area contributed by atoms with Crippen LogP contribution in [0.4, 0.5) is 5.69 Å². The first-order chi connectivity index (χ1) is 16.5. The maximum atomic E-state index is 13.4. The molecule has 0 fully saturated rings. The summed E-state index contributed by atoms with van der Waals surface area (Å²) < 4.78 is 0.957. The Bertz CT molecular complexity index is 1000. The van der Waals surface area contributed by atoms with Crippen molar-refractivity contribution in [3.63, 3.8) is 0 Å². The van der Waals surface area contributed by atoms with Crippen molar-refractivity contribution >= 4 is 51.3 Å². The van der Waals surface area contributed by atoms with Gasteiger partial charge in [0.2, 0.25) is 5.91 Å². The van der Waals surface area contributed by atoms with E-state index in [9.17, 15) is 9.59 Å². The van der Waals surface area contributed by atoms with Crippen molar-refractivity contribution in [3.05, 3.63) is 63.5 Å². The first-order valence-corrected chi connectivity index (χ1v) is 13.7. The number of fused-ring (bicyclic) bond motifs is 1. The van der Waals surface area contributed by atoms with E-state index < -0.39 is 0 Å². The van der Waals surface area contributed by atoms with E-state index >= 15 is 0 Å². The zero-order valence-corrected chi connectivity index (χ0v) is 22.5. The van der Waals surface area contributed by atoms with E-state index in [1.807, 2.05) is 54.6 Å². The minimum Gasteiger partial charge on any atom is -0.353 e. The van der Waals surface area contributed by atoms with Gasteiger partial charge in [-0.3, -0.25) is 14.5 Å². The number of nitrogens with zero attached hydrogens (tertiary/aromatic N) is 2. The smallest absolute Gasteiger partial charge is 0.265 e. The number of unbranched alkanes of at least 4 members (excludes halogenated alkanes) is 2. The number of hydrogen-bond acceptors (Lipinski definition) is 4. The second kappa shape index (κ2) is 13.7. The number of halogens is 1. The Hall–Kier alpha value is -2.09. The van der Waals surface area contributed by atoms with Crippen molar-refractivity contribution < 1.29 is 9.59 Å². The fraction of sp³-hybridized carbons (Fsp3) is 0.407. The van der Waals surface area contributed by atoms with Crippen LogP contribution >= 0.6 is 27.7 Å². The number of carbonyl (C=O) groups is 2. The molecule has 1 aliphatic rings. The molecular formula is C27H34BrN3O2S. The Labute approximate surface area is 216 Å². The highest BCUT2D eigenvalue weighted by atomic mass is 79.9. The van der Waals surface area contributed by atoms with Crippen LogP contribution in [-0.4, -0.2) is 49.4 Å². The van der Waals surface area contributed by atoms with Crippen LogP contribution < -0.4 is 10.2 Å². The first-order valence-electron chi connectivity index (χ1n) is 12.1. The Balaban J connectivity index is 1.67. The summed E-state index contributed by atoms with van der Waals surface area (Å²) in [6.07, 6.45) is 6.56. The molecule has 5 nitrogen and oxygen atoms in total. The quantitative estimate of drug-likeness (QED) is 0.336. The van der Waals surface area contributed by atoms with E-state index in [0.717, 1.165) is 40.3 Å². The zero-order valence-electron chi connectivity index (χ0n) is 20.1. The van der Waals surface area contributed by atoms with Crippen LogP contribution in [0.5, 0.6) is 0 Å². The highest BCUT2D eigenvalue weighted by Gasteiger charge is 2.30. The third-order valence-corrected chi connectivity index (χ3v) is 7.26. The molecule has 0 saturated heterocycles. The summed E-state index contributed by atoms with van der Waals surface area (Å²) in [5.74, 6) is -0.283. The first kappa shape index (κ1) is 26.5. The molecule has 1 N–H and O–H groups in total. The molecule has 2 aromatic rings. The largest absolute Gasteiger partial charge is 0.353 e. The van der Waals surface area contributed by atoms with Crippen LogP contribution in [-0.2, 0) is 9.59 Å². The minimum absolute atomic E-state index is 0.0101. The predicted octanol–water partition coefficient (Wildman–Crippen LogP) is 5.95. The molecule has 0 radical (unpaired) electrons. The molecule has 182 valence electrons. The number of benzene rings is 2. The van der Waals surface area contributed by atoms with Crippen molar-refractivity contribution in [1.82, 2.24) is 10.2 Å². The summed E-state index contributed by atoms with van der Waals surface area (Å²) in [7, 11) is 0. The predicted molar refractivity (Wildman–Crippen MR) is 146 cm³/mol. The number of carbonyl (C=O) groups excluding carboxylic acids is 2. The van der Waals surface area contributed by atoms with Gasteiger partial charge in [0.05, 0.1) is 10.6 Å². The molecule has 0 saturated carbocycles. The topological polar surface area (TPSA) is 52.7 Å². The number of nitrogens with one attached hydrogen (secondary N) is 1. The lowest BCUT2D eigenvalue weighted by molar-refractivity contribution is -0.122. The number of anilines is 1. The maximum absolute atomic E-state index is 13.4. The Morgan fingerprint density at radius 2 is 1.79 bits per heavy atom. The van der Waals surface area contributed by atoms with Crippen LogP contribution in [0, 0.1) is 0 Å². The summed E-state index contributed by atoms with van der Waals surface area (Å²) >= 11 is 4.94. The second-order valence-electron chi connectivity index (χ2n) is 8.42. The van der Waals surface area contributed by atoms with Gasteiger partial charge in [-0.05, 0) is 61.8 Å². The molecule has 0 bridgehead atoms. The maximum Gasteiger partial charge on any atom is 0.265 e. The summed E-state index contributed by atoms with van der Waals surface area (Å²) in [6, 6.07) is 15.6. The second-order valence-corrected chi connectivity index (χ2v) is 10.4. The summed E-state index contributed by atoms with van der Waals surface area (Å²) in [5, 5.41) is 3.03. The Kier molecular flexibility index (Phi) is 10.7. The van der Waals surface area contributed by atoms with Crippen LogP contribution in [0.2, 0.25) is 0 Å². The van der Waals surface area contributed by atoms with Crippen LogP contribution in [0.3, 0.4) is 0 Å². The minimum atomic E-state index is -0.147. The third kappa shape index (κ3) is 7.72. The standard InChI is InChI=1S/C27H34BrN3O2S/c1-3-5-15-30(16-6-4-2)17-14-29-26(32)20-31-23-12-7-8-13-24(23)34-25(27(31)33)19-21-10-9-11-22(28)18-21/h7-13,18-19H,3-6,14-17,20H2,1-2H3,(H,29,32). The number of para-hydroxylation sites is 1. The molecule has 1 aliphatic heterocycles. The summed E-state index contributed by atoms with van der Waals surface area (Å²) in [6.45, 7) is 7.95. The lowest BCUT2D eigenvalue weighted by Crippen LogP contribution is -2.44. The van der Waals surface area contributed by atoms with Gasteiger partial charge in [-0.15, -0.1) is 0 Å². The Morgan fingerprint density at radius 3 is 2.50 bits per heavy atom. The van der Waals surface area contributed by atoms with Crippen molar-refractivity contribution in [2.45, 2.75) is 44.4 Å². The van der Waals surface area contributed by atoms with Gasteiger partial charge in [0, 0.05) is 22.5 Å². The van der Waals surface area contributed by atoms with Gasteiger partial charge in [-0.25, -0.2) is 0 Å². The normalized spacial score (nSPS) is 14.5. The van der Waals surface area contributed by atoms with Crippen molar-refractivity contribution in [2.24, 2.45) is 0 Å². The molecule has 1 heterocycles. The summed E-state index contributed by atoms with van der Waals surface area (Å²) in [4.78, 5) is 31.8. The lowest BCUT2D eigenvalue weighted by atomic mass is 10.2. The summed E-state index contributed by atoms with van der Waals surface area (Å²) in [5.41, 5.74) is 1.72. The molecule has 0 unspecified atom stereocenters. The Morgan fingerprint density at radius 1 is 1.06 bits per heavy atom. The fourth-order valence-corrected chi connectivity index (χ4v) is 5.29. The molecule has 3 rings (SSSR count). The van der Waals surface area contributed by atoms with E-state index in [-0.39, 0.29) is 18.4 Å². The molecule has 0 aromatic heterocycles. The molecular weight excluding hydrogens is 510 g/mol. The van der Waals surface area contributed by atoms with E-state index in [1.165, 1.54) is 37.4 Å². The van der Waals surface area contributed by atoms with E-state index in [1.54, 1.807) is 4.90 Å². The van der Waals surface area contributed by atoms with Crippen molar-refractivity contribution in [3.8, 4) is 0 Å². The van der Waals surface area contributed by atoms with Crippen LogP contribution in [0.25, 0.3) is 6.08 Å². The lowest BCUT2D eigenvalue weighted by Gasteiger charge is -2.30.